The smallest absolute Gasteiger partial charge is 0.287 e. The first kappa shape index (κ1) is 14.4. The van der Waals surface area contributed by atoms with Gasteiger partial charge in [-0.1, -0.05) is 24.3 Å². The van der Waals surface area contributed by atoms with Gasteiger partial charge in [-0.15, -0.1) is 0 Å². The van der Waals surface area contributed by atoms with Gasteiger partial charge in [0.15, 0.2) is 5.82 Å². The topological polar surface area (TPSA) is 86.9 Å². The third-order valence-electron chi connectivity index (χ3n) is 4.21. The monoisotopic (exact) mass is 320 g/mol. The molecule has 6 nitrogen and oxygen atoms in total. The summed E-state index contributed by atoms with van der Waals surface area (Å²) in [6.07, 6.45) is 0.382. The summed E-state index contributed by atoms with van der Waals surface area (Å²) in [4.78, 5) is 31.2. The van der Waals surface area contributed by atoms with Crippen LogP contribution in [0.4, 0.5) is 5.69 Å². The molecule has 4 rings (SSSR count). The van der Waals surface area contributed by atoms with E-state index in [0.29, 0.717) is 12.2 Å². The molecule has 1 atom stereocenters. The molecule has 0 radical (unpaired) electrons. The molecular weight excluding hydrogens is 304 g/mol. The lowest BCUT2D eigenvalue weighted by molar-refractivity contribution is -0.115. The molecule has 6 heteroatoms. The standard InChI is InChI=1S/C18H16N4O2/c1-10(11-6-7-13-12(8-11)9-16(23)20-13)19-18(24)17-21-14-4-2-3-5-15(14)22-17/h2-8,10H,9H2,1H3,(H,19,24)(H,20,23)(H,21,22)/t10-/m0/s1. The number of aromatic nitrogens is 2. The highest BCUT2D eigenvalue weighted by atomic mass is 16.2. The number of fused-ring (bicyclic) bond motifs is 2. The van der Waals surface area contributed by atoms with E-state index in [0.717, 1.165) is 27.8 Å². The summed E-state index contributed by atoms with van der Waals surface area (Å²) >= 11 is 0. The van der Waals surface area contributed by atoms with E-state index in [9.17, 15) is 9.59 Å². The third-order valence-corrected chi connectivity index (χ3v) is 4.21. The number of nitrogens with one attached hydrogen (secondary N) is 3. The van der Waals surface area contributed by atoms with E-state index in [1.165, 1.54) is 0 Å². The highest BCUT2D eigenvalue weighted by Gasteiger charge is 2.20. The van der Waals surface area contributed by atoms with Crippen LogP contribution in [0.1, 0.15) is 34.7 Å². The fourth-order valence-corrected chi connectivity index (χ4v) is 2.93. The van der Waals surface area contributed by atoms with Crippen molar-refractivity contribution in [1.29, 1.82) is 0 Å². The van der Waals surface area contributed by atoms with E-state index in [-0.39, 0.29) is 17.9 Å². The maximum absolute atomic E-state index is 12.4. The van der Waals surface area contributed by atoms with Crippen molar-refractivity contribution in [3.05, 3.63) is 59.4 Å². The van der Waals surface area contributed by atoms with Crippen molar-refractivity contribution in [2.75, 3.05) is 5.32 Å². The molecule has 24 heavy (non-hydrogen) atoms. The van der Waals surface area contributed by atoms with Gasteiger partial charge < -0.3 is 15.6 Å². The quantitative estimate of drug-likeness (QED) is 0.693. The van der Waals surface area contributed by atoms with Gasteiger partial charge in [0.25, 0.3) is 5.91 Å². The zero-order valence-electron chi connectivity index (χ0n) is 13.1. The maximum Gasteiger partial charge on any atom is 0.287 e. The Morgan fingerprint density at radius 1 is 1.25 bits per heavy atom. The Bertz CT molecular complexity index is 928. The zero-order chi connectivity index (χ0) is 16.7. The van der Waals surface area contributed by atoms with E-state index >= 15 is 0 Å². The number of nitrogens with zero attached hydrogens (tertiary/aromatic N) is 1. The number of amides is 2. The first-order valence-corrected chi connectivity index (χ1v) is 7.78. The fraction of sp³-hybridized carbons (Fsp3) is 0.167. The van der Waals surface area contributed by atoms with Gasteiger partial charge >= 0.3 is 0 Å². The number of hydrogen-bond acceptors (Lipinski definition) is 3. The van der Waals surface area contributed by atoms with Crippen molar-refractivity contribution >= 4 is 28.5 Å². The Balaban J connectivity index is 1.53. The second-order valence-electron chi connectivity index (χ2n) is 5.94. The fourth-order valence-electron chi connectivity index (χ4n) is 2.93. The molecule has 2 aromatic carbocycles. The second-order valence-corrected chi connectivity index (χ2v) is 5.94. The average molecular weight is 320 g/mol. The van der Waals surface area contributed by atoms with Gasteiger partial charge in [0.2, 0.25) is 5.91 Å². The van der Waals surface area contributed by atoms with Crippen LogP contribution in [0.2, 0.25) is 0 Å². The van der Waals surface area contributed by atoms with Crippen LogP contribution >= 0.6 is 0 Å². The molecule has 1 aromatic heterocycles. The van der Waals surface area contributed by atoms with E-state index in [2.05, 4.69) is 20.6 Å². The molecule has 0 bridgehead atoms. The predicted octanol–water partition coefficient (Wildman–Crippen LogP) is 2.55. The molecule has 0 saturated carbocycles. The van der Waals surface area contributed by atoms with Crippen LogP contribution in [0.15, 0.2) is 42.5 Å². The number of carbonyl (C=O) groups excluding carboxylic acids is 2. The lowest BCUT2D eigenvalue weighted by Crippen LogP contribution is -2.27. The largest absolute Gasteiger partial charge is 0.343 e. The number of benzene rings is 2. The van der Waals surface area contributed by atoms with Gasteiger partial charge in [-0.2, -0.15) is 0 Å². The molecule has 3 aromatic rings. The van der Waals surface area contributed by atoms with Crippen LogP contribution in [-0.4, -0.2) is 21.8 Å². The molecule has 0 unspecified atom stereocenters. The normalized spacial score (nSPS) is 14.3. The van der Waals surface area contributed by atoms with Crippen LogP contribution < -0.4 is 10.6 Å². The minimum absolute atomic E-state index is 0.00103. The van der Waals surface area contributed by atoms with Gasteiger partial charge in [-0.3, -0.25) is 9.59 Å². The van der Waals surface area contributed by atoms with E-state index in [1.807, 2.05) is 49.4 Å². The Morgan fingerprint density at radius 2 is 2.08 bits per heavy atom. The molecule has 1 aliphatic heterocycles. The van der Waals surface area contributed by atoms with Crippen LogP contribution in [0.25, 0.3) is 11.0 Å². The molecule has 120 valence electrons. The van der Waals surface area contributed by atoms with Crippen molar-refractivity contribution in [3.8, 4) is 0 Å². The van der Waals surface area contributed by atoms with Crippen molar-refractivity contribution < 1.29 is 9.59 Å². The average Bonchev–Trinajstić information content (AvgIpc) is 3.15. The molecular formula is C18H16N4O2. The molecule has 0 aliphatic carbocycles. The molecule has 2 amide bonds. The van der Waals surface area contributed by atoms with Crippen molar-refractivity contribution in [2.45, 2.75) is 19.4 Å². The summed E-state index contributed by atoms with van der Waals surface area (Å²) < 4.78 is 0. The summed E-state index contributed by atoms with van der Waals surface area (Å²) in [5, 5.41) is 5.74. The minimum Gasteiger partial charge on any atom is -0.343 e. The highest BCUT2D eigenvalue weighted by Crippen LogP contribution is 2.26. The predicted molar refractivity (Wildman–Crippen MR) is 90.8 cm³/mol. The van der Waals surface area contributed by atoms with Crippen LogP contribution in [0, 0.1) is 0 Å². The Hall–Kier alpha value is -3.15. The van der Waals surface area contributed by atoms with Crippen LogP contribution in [0.5, 0.6) is 0 Å². The zero-order valence-corrected chi connectivity index (χ0v) is 13.1. The SMILES string of the molecule is C[C@H](NC(=O)c1nc2ccccc2[nH]1)c1ccc2c(c1)CC(=O)N2. The van der Waals surface area contributed by atoms with E-state index in [1.54, 1.807) is 0 Å². The first-order chi connectivity index (χ1) is 11.6. The second kappa shape index (κ2) is 5.49. The maximum atomic E-state index is 12.4. The number of anilines is 1. The van der Waals surface area contributed by atoms with Crippen molar-refractivity contribution in [3.63, 3.8) is 0 Å². The number of rotatable bonds is 3. The molecule has 0 spiro atoms. The van der Waals surface area contributed by atoms with Crippen molar-refractivity contribution in [2.24, 2.45) is 0 Å². The molecule has 0 fully saturated rings. The highest BCUT2D eigenvalue weighted by molar-refractivity contribution is 5.99. The summed E-state index contributed by atoms with van der Waals surface area (Å²) in [6, 6.07) is 13.1. The lowest BCUT2D eigenvalue weighted by atomic mass is 10.0. The summed E-state index contributed by atoms with van der Waals surface area (Å²) in [5.74, 6) is 0.0376. The summed E-state index contributed by atoms with van der Waals surface area (Å²) in [7, 11) is 0. The van der Waals surface area contributed by atoms with Crippen LogP contribution in [0.3, 0.4) is 0 Å². The number of para-hydroxylation sites is 2. The molecule has 0 saturated heterocycles. The molecule has 1 aliphatic rings. The Kier molecular flexibility index (Phi) is 3.30. The van der Waals surface area contributed by atoms with Gasteiger partial charge in [0.05, 0.1) is 23.5 Å². The number of imidazole rings is 1. The number of carbonyl (C=O) groups is 2. The number of hydrogen-bond donors (Lipinski definition) is 3. The first-order valence-electron chi connectivity index (χ1n) is 7.78. The van der Waals surface area contributed by atoms with E-state index < -0.39 is 0 Å². The van der Waals surface area contributed by atoms with Crippen molar-refractivity contribution in [1.82, 2.24) is 15.3 Å². The van der Waals surface area contributed by atoms with E-state index in [4.69, 9.17) is 0 Å². The molecule has 2 heterocycles. The summed E-state index contributed by atoms with van der Waals surface area (Å²) in [6.45, 7) is 1.91. The minimum atomic E-state index is -0.256. The third kappa shape index (κ3) is 2.52. The summed E-state index contributed by atoms with van der Waals surface area (Å²) in [5.41, 5.74) is 4.35. The lowest BCUT2D eigenvalue weighted by Gasteiger charge is -2.14. The molecule has 3 N–H and O–H groups in total. The van der Waals surface area contributed by atoms with Gasteiger partial charge in [-0.25, -0.2) is 4.98 Å². The number of aromatic amines is 1. The van der Waals surface area contributed by atoms with Gasteiger partial charge in [0, 0.05) is 5.69 Å². The van der Waals surface area contributed by atoms with Gasteiger partial charge in [-0.05, 0) is 36.2 Å². The number of H-pyrrole nitrogens is 1. The van der Waals surface area contributed by atoms with Crippen LogP contribution in [-0.2, 0) is 11.2 Å². The van der Waals surface area contributed by atoms with Gasteiger partial charge in [0.1, 0.15) is 0 Å². The Labute approximate surface area is 138 Å². The Morgan fingerprint density at radius 3 is 2.92 bits per heavy atom.